The maximum absolute atomic E-state index is 5.99. The molecule has 0 unspecified atom stereocenters. The molecule has 0 bridgehead atoms. The van der Waals surface area contributed by atoms with Crippen molar-refractivity contribution in [1.82, 2.24) is 87.5 Å². The highest BCUT2D eigenvalue weighted by Crippen LogP contribution is 1.97. The Morgan fingerprint density at radius 1 is 0.413 bits per heavy atom. The van der Waals surface area contributed by atoms with E-state index in [0.717, 1.165) is 223 Å². The molecule has 63 heavy (non-hydrogen) atoms. The minimum atomic E-state index is 0.634. The number of rotatable bonds is 35. The van der Waals surface area contributed by atoms with Crippen molar-refractivity contribution in [3.8, 4) is 0 Å². The van der Waals surface area contributed by atoms with Crippen LogP contribution >= 0.6 is 0 Å². The van der Waals surface area contributed by atoms with E-state index in [4.69, 9.17) is 22.9 Å². The van der Waals surface area contributed by atoms with Gasteiger partial charge in [-0.25, -0.2) is 10.4 Å². The molecule has 17 N–H and O–H groups in total. The second-order valence-corrected chi connectivity index (χ2v) is 17.0. The average Bonchev–Trinajstić information content (AvgIpc) is 3.27. The molecule has 1 fully saturated rings. The predicted molar refractivity (Wildman–Crippen MR) is 268 cm³/mol. The molecule has 0 aliphatic carbocycles. The van der Waals surface area contributed by atoms with E-state index in [2.05, 4.69) is 102 Å². The van der Waals surface area contributed by atoms with Crippen molar-refractivity contribution < 1.29 is 0 Å². The van der Waals surface area contributed by atoms with Gasteiger partial charge in [-0.1, -0.05) is 0 Å². The molecule has 1 rings (SSSR count). The Morgan fingerprint density at radius 2 is 0.937 bits per heavy atom. The van der Waals surface area contributed by atoms with Crippen LogP contribution in [0.2, 0.25) is 0 Å². The van der Waals surface area contributed by atoms with Crippen LogP contribution in [0.15, 0.2) is 0 Å². The maximum Gasteiger partial charge on any atom is 0.0272 e. The van der Waals surface area contributed by atoms with Crippen LogP contribution in [0.1, 0.15) is 0 Å². The summed E-state index contributed by atoms with van der Waals surface area (Å²) < 4.78 is 0. The van der Waals surface area contributed by atoms with Gasteiger partial charge in [-0.15, -0.1) is 0 Å². The minimum Gasteiger partial charge on any atom is -0.329 e. The van der Waals surface area contributed by atoms with E-state index in [1.807, 2.05) is 14.1 Å². The number of nitrogens with one attached hydrogen (secondary N) is 9. The summed E-state index contributed by atoms with van der Waals surface area (Å²) in [7, 11) is 8.45. The van der Waals surface area contributed by atoms with Crippen LogP contribution in [-0.4, -0.2) is 316 Å². The van der Waals surface area contributed by atoms with Gasteiger partial charge in [0.15, 0.2) is 0 Å². The highest BCUT2D eigenvalue weighted by atomic mass is 15.7. The van der Waals surface area contributed by atoms with Crippen molar-refractivity contribution in [1.29, 1.82) is 0 Å². The first-order chi connectivity index (χ1) is 30.9. The van der Waals surface area contributed by atoms with E-state index in [-0.39, 0.29) is 0 Å². The smallest absolute Gasteiger partial charge is 0.0272 e. The van der Waals surface area contributed by atoms with Gasteiger partial charge in [-0.05, 0) is 28.2 Å². The van der Waals surface area contributed by atoms with Gasteiger partial charge in [0.1, 0.15) is 0 Å². The van der Waals surface area contributed by atoms with Gasteiger partial charge in [-0.3, -0.25) is 24.5 Å². The summed E-state index contributed by atoms with van der Waals surface area (Å²) in [6.07, 6.45) is 0. The molecule has 0 aromatic heterocycles. The van der Waals surface area contributed by atoms with E-state index >= 15 is 0 Å². The topological polar surface area (TPSA) is 238 Å². The molecule has 0 aromatic carbocycles. The first-order valence-electron chi connectivity index (χ1n) is 24.7. The Kier molecular flexibility index (Phi) is 43.0. The van der Waals surface area contributed by atoms with Crippen molar-refractivity contribution in [2.75, 3.05) is 277 Å². The van der Waals surface area contributed by atoms with Crippen LogP contribution < -0.4 is 71.1 Å². The average molecular weight is 904 g/mol. The van der Waals surface area contributed by atoms with Gasteiger partial charge >= 0.3 is 0 Å². The Hall–Kier alpha value is -0.840. The summed E-state index contributed by atoms with van der Waals surface area (Å²) >= 11 is 0. The first-order valence-corrected chi connectivity index (χ1v) is 24.7. The molecule has 21 heteroatoms. The summed E-state index contributed by atoms with van der Waals surface area (Å²) in [6, 6.07) is 0. The lowest BCUT2D eigenvalue weighted by molar-refractivity contribution is 0.103. The Labute approximate surface area is 386 Å². The fraction of sp³-hybridized carbons (Fsp3) is 1.00. The summed E-state index contributed by atoms with van der Waals surface area (Å²) in [5, 5.41) is 27.2. The molecule has 0 aromatic rings. The highest BCUT2D eigenvalue weighted by molar-refractivity contribution is 4.72. The molecular formula is C42H105N21. The molecule has 1 heterocycles. The van der Waals surface area contributed by atoms with Crippen LogP contribution in [-0.2, 0) is 0 Å². The third-order valence-electron chi connectivity index (χ3n) is 11.6. The zero-order valence-corrected chi connectivity index (χ0v) is 41.3. The molecule has 1 aliphatic rings. The fourth-order valence-electron chi connectivity index (χ4n) is 7.38. The molecule has 0 radical (unpaired) electrons. The molecule has 21 nitrogen and oxygen atoms in total. The summed E-state index contributed by atoms with van der Waals surface area (Å²) in [5.74, 6) is 0. The Balaban J connectivity index is 3.06. The molecule has 1 saturated heterocycles. The lowest BCUT2D eigenvalue weighted by Gasteiger charge is -2.32. The quantitative estimate of drug-likeness (QED) is 0.0265. The standard InChI is InChI=1S/C42H105N21/c1-47-10-11-50-15-27-60-31-19-52-17-29-59(28-16-51-13-25-56(3)22-6-44)30-18-53-20-33-62(38-36-57(4)35-37-61(26-12-48-2)32-14-49-9-5-43)40-42-63(55-54-21-34-60)41-39-58(23-7-45)24-8-46/h47-55H,5-46H2,1-4H3. The SMILES string of the molecule is CNCCNCCN1CCNCCN(CCNCCN(C)CCN)CCNCCN(CCN(C)CCN(CCNC)CCNCCN)CCN(CCN(CCN)CCN)NNCC1. The second-order valence-electron chi connectivity index (χ2n) is 17.0. The monoisotopic (exact) mass is 904 g/mol. The van der Waals surface area contributed by atoms with Crippen molar-refractivity contribution in [3.05, 3.63) is 0 Å². The number of likely N-dealkylation sites (N-methyl/N-ethyl adjacent to an activating group) is 4. The highest BCUT2D eigenvalue weighted by Gasteiger charge is 2.15. The number of hydrazine groups is 2. The number of hydrogen-bond donors (Lipinski definition) is 13. The van der Waals surface area contributed by atoms with E-state index in [9.17, 15) is 0 Å². The second kappa shape index (κ2) is 45.0. The normalized spacial score (nSPS) is 17.5. The van der Waals surface area contributed by atoms with E-state index in [0.29, 0.717) is 26.2 Å². The van der Waals surface area contributed by atoms with Crippen LogP contribution in [0.3, 0.4) is 0 Å². The zero-order valence-electron chi connectivity index (χ0n) is 41.3. The number of nitrogens with zero attached hydrogens (tertiary/aromatic N) is 8. The van der Waals surface area contributed by atoms with Gasteiger partial charge in [0.05, 0.1) is 0 Å². The van der Waals surface area contributed by atoms with Crippen LogP contribution in [0, 0.1) is 0 Å². The van der Waals surface area contributed by atoms with Crippen molar-refractivity contribution >= 4 is 0 Å². The molecule has 378 valence electrons. The molecule has 0 saturated carbocycles. The van der Waals surface area contributed by atoms with Gasteiger partial charge in [0.2, 0.25) is 0 Å². The molecule has 0 atom stereocenters. The molecule has 0 amide bonds. The third-order valence-corrected chi connectivity index (χ3v) is 11.6. The maximum atomic E-state index is 5.99. The molecule has 0 spiro atoms. The lowest BCUT2D eigenvalue weighted by atomic mass is 10.3. The van der Waals surface area contributed by atoms with Gasteiger partial charge in [-0.2, -0.15) is 5.53 Å². The van der Waals surface area contributed by atoms with Crippen LogP contribution in [0.4, 0.5) is 0 Å². The summed E-state index contributed by atoms with van der Waals surface area (Å²) in [4.78, 5) is 17.5. The first kappa shape index (κ1) is 60.2. The fourth-order valence-corrected chi connectivity index (χ4v) is 7.38. The van der Waals surface area contributed by atoms with E-state index in [1.54, 1.807) is 0 Å². The van der Waals surface area contributed by atoms with Gasteiger partial charge in [0.25, 0.3) is 0 Å². The molecular weight excluding hydrogens is 799 g/mol. The summed E-state index contributed by atoms with van der Waals surface area (Å²) in [5.41, 5.74) is 30.7. The van der Waals surface area contributed by atoms with E-state index in [1.165, 1.54) is 0 Å². The van der Waals surface area contributed by atoms with Gasteiger partial charge in [0, 0.05) is 249 Å². The predicted octanol–water partition coefficient (Wildman–Crippen LogP) is -7.09. The third kappa shape index (κ3) is 36.9. The number of nitrogens with two attached hydrogens (primary N) is 4. The molecule has 1 aliphatic heterocycles. The minimum absolute atomic E-state index is 0.634. The van der Waals surface area contributed by atoms with Gasteiger partial charge < -0.3 is 70.0 Å². The number of hydrogen-bond acceptors (Lipinski definition) is 21. The summed E-state index contributed by atoms with van der Waals surface area (Å²) in [6.45, 7) is 35.6. The largest absolute Gasteiger partial charge is 0.329 e. The van der Waals surface area contributed by atoms with Crippen molar-refractivity contribution in [2.24, 2.45) is 22.9 Å². The van der Waals surface area contributed by atoms with Crippen molar-refractivity contribution in [3.63, 3.8) is 0 Å². The Morgan fingerprint density at radius 3 is 1.54 bits per heavy atom. The van der Waals surface area contributed by atoms with Crippen LogP contribution in [0.5, 0.6) is 0 Å². The van der Waals surface area contributed by atoms with E-state index < -0.39 is 0 Å². The zero-order chi connectivity index (χ0) is 45.9. The van der Waals surface area contributed by atoms with Crippen LogP contribution in [0.25, 0.3) is 0 Å². The lowest BCUT2D eigenvalue weighted by Crippen LogP contribution is -2.54. The van der Waals surface area contributed by atoms with Crippen molar-refractivity contribution in [2.45, 2.75) is 0 Å². The Bertz CT molecular complexity index is 925.